The van der Waals surface area contributed by atoms with Crippen molar-refractivity contribution >= 4 is 5.78 Å². The van der Waals surface area contributed by atoms with Crippen molar-refractivity contribution in [2.24, 2.45) is 0 Å². The number of nitrogens with zero attached hydrogens (tertiary/aromatic N) is 2. The number of Topliss-reactive ketones (excluding diaryl/α,β-unsaturated/α-hetero) is 1. The van der Waals surface area contributed by atoms with Crippen LogP contribution in [0.4, 0.5) is 0 Å². The van der Waals surface area contributed by atoms with E-state index in [-0.39, 0.29) is 11.8 Å². The lowest BCUT2D eigenvalue weighted by Gasteiger charge is -2.48. The third kappa shape index (κ3) is 3.04. The van der Waals surface area contributed by atoms with Gasteiger partial charge in [0, 0.05) is 12.6 Å². The number of piperazine rings is 1. The Morgan fingerprint density at radius 3 is 2.41 bits per heavy atom. The number of hydrogen-bond acceptors (Lipinski definition) is 5. The Morgan fingerprint density at radius 2 is 1.94 bits per heavy atom. The van der Waals surface area contributed by atoms with Crippen LogP contribution in [0.2, 0.25) is 0 Å². The van der Waals surface area contributed by atoms with Crippen molar-refractivity contribution in [3.63, 3.8) is 0 Å². The van der Waals surface area contributed by atoms with Crippen LogP contribution in [0.15, 0.2) is 0 Å². The van der Waals surface area contributed by atoms with Crippen molar-refractivity contribution in [3.8, 4) is 0 Å². The maximum Gasteiger partial charge on any atom is 0.153 e. The average Bonchev–Trinajstić information content (AvgIpc) is 2.25. The molecule has 0 aromatic heterocycles. The Balaban J connectivity index is 2.85. The van der Waals surface area contributed by atoms with Crippen molar-refractivity contribution < 1.29 is 14.5 Å². The summed E-state index contributed by atoms with van der Waals surface area (Å²) >= 11 is 0. The van der Waals surface area contributed by atoms with E-state index in [1.54, 1.807) is 12.0 Å². The van der Waals surface area contributed by atoms with Crippen molar-refractivity contribution in [1.82, 2.24) is 10.1 Å². The highest BCUT2D eigenvalue weighted by atomic mass is 16.7. The maximum absolute atomic E-state index is 11.9. The molecule has 0 spiro atoms. The summed E-state index contributed by atoms with van der Waals surface area (Å²) in [6.45, 7) is 11.9. The van der Waals surface area contributed by atoms with E-state index in [4.69, 9.17) is 9.68 Å². The molecule has 17 heavy (non-hydrogen) atoms. The first-order valence-electron chi connectivity index (χ1n) is 6.26. The summed E-state index contributed by atoms with van der Waals surface area (Å²) in [5.74, 6) is 0.0996. The number of hydroxylamine groups is 4. The topological polar surface area (TPSA) is 42.0 Å². The molecule has 0 aromatic rings. The molecule has 5 heteroatoms. The zero-order valence-corrected chi connectivity index (χ0v) is 11.5. The van der Waals surface area contributed by atoms with Gasteiger partial charge in [0.05, 0.1) is 19.8 Å². The lowest BCUT2D eigenvalue weighted by atomic mass is 9.93. The molecule has 1 saturated heterocycles. The molecule has 0 saturated carbocycles. The van der Waals surface area contributed by atoms with Crippen LogP contribution in [0, 0.1) is 0 Å². The van der Waals surface area contributed by atoms with Gasteiger partial charge in [-0.3, -0.25) is 14.5 Å². The summed E-state index contributed by atoms with van der Waals surface area (Å²) in [6, 6.07) is 0.217. The second kappa shape index (κ2) is 5.91. The summed E-state index contributed by atoms with van der Waals surface area (Å²) in [7, 11) is 0. The molecule has 1 rings (SSSR count). The predicted molar refractivity (Wildman–Crippen MR) is 65.2 cm³/mol. The SMILES string of the molecule is CCON1CC(C)(C(C)=O)N(OCC)CC1C. The van der Waals surface area contributed by atoms with Gasteiger partial charge in [-0.05, 0) is 34.6 Å². The predicted octanol–water partition coefficient (Wildman–Crippen LogP) is 1.24. The van der Waals surface area contributed by atoms with E-state index >= 15 is 0 Å². The summed E-state index contributed by atoms with van der Waals surface area (Å²) in [5.41, 5.74) is -0.627. The van der Waals surface area contributed by atoms with Crippen LogP contribution in [-0.2, 0) is 14.5 Å². The fraction of sp³-hybridized carbons (Fsp3) is 0.917. The number of carbonyl (C=O) groups excluding carboxylic acids is 1. The minimum Gasteiger partial charge on any atom is -0.299 e. The van der Waals surface area contributed by atoms with Gasteiger partial charge in [0.15, 0.2) is 5.78 Å². The third-order valence-electron chi connectivity index (χ3n) is 3.27. The lowest BCUT2D eigenvalue weighted by Crippen LogP contribution is -2.66. The van der Waals surface area contributed by atoms with Crippen molar-refractivity contribution in [2.45, 2.75) is 46.2 Å². The molecule has 0 N–H and O–H groups in total. The van der Waals surface area contributed by atoms with Gasteiger partial charge >= 0.3 is 0 Å². The molecule has 0 aliphatic carbocycles. The Bertz CT molecular complexity index is 272. The van der Waals surface area contributed by atoms with Gasteiger partial charge in [-0.1, -0.05) is 0 Å². The molecular weight excluding hydrogens is 220 g/mol. The van der Waals surface area contributed by atoms with Gasteiger partial charge in [0.1, 0.15) is 5.54 Å². The zero-order valence-electron chi connectivity index (χ0n) is 11.5. The molecule has 2 unspecified atom stereocenters. The van der Waals surface area contributed by atoms with Gasteiger partial charge in [-0.2, -0.15) is 10.1 Å². The minimum atomic E-state index is -0.627. The fourth-order valence-electron chi connectivity index (χ4n) is 2.05. The van der Waals surface area contributed by atoms with Crippen molar-refractivity contribution in [1.29, 1.82) is 0 Å². The van der Waals surface area contributed by atoms with E-state index in [0.717, 1.165) is 0 Å². The Hall–Kier alpha value is -0.490. The van der Waals surface area contributed by atoms with E-state index in [2.05, 4.69) is 6.92 Å². The summed E-state index contributed by atoms with van der Waals surface area (Å²) in [4.78, 5) is 23.0. The van der Waals surface area contributed by atoms with Crippen molar-refractivity contribution in [2.75, 3.05) is 26.3 Å². The van der Waals surface area contributed by atoms with Gasteiger partial charge in [0.2, 0.25) is 0 Å². The second-order valence-corrected chi connectivity index (χ2v) is 4.65. The number of rotatable bonds is 5. The smallest absolute Gasteiger partial charge is 0.153 e. The molecule has 0 bridgehead atoms. The number of carbonyl (C=O) groups is 1. The average molecular weight is 244 g/mol. The maximum atomic E-state index is 11.9. The first kappa shape index (κ1) is 14.6. The van der Waals surface area contributed by atoms with E-state index in [1.165, 1.54) is 0 Å². The summed E-state index contributed by atoms with van der Waals surface area (Å²) in [6.07, 6.45) is 0. The molecular formula is C12H24N2O3. The molecule has 0 amide bonds. The Kier molecular flexibility index (Phi) is 5.06. The highest BCUT2D eigenvalue weighted by Crippen LogP contribution is 2.26. The lowest BCUT2D eigenvalue weighted by molar-refractivity contribution is -0.293. The molecule has 1 aliphatic rings. The number of hydrogen-bond donors (Lipinski definition) is 0. The fourth-order valence-corrected chi connectivity index (χ4v) is 2.05. The first-order valence-corrected chi connectivity index (χ1v) is 6.26. The minimum absolute atomic E-state index is 0.0996. The summed E-state index contributed by atoms with van der Waals surface area (Å²) in [5, 5.41) is 3.69. The van der Waals surface area contributed by atoms with Gasteiger partial charge in [-0.15, -0.1) is 0 Å². The third-order valence-corrected chi connectivity index (χ3v) is 3.27. The van der Waals surface area contributed by atoms with Gasteiger partial charge < -0.3 is 0 Å². The molecule has 0 aromatic carbocycles. The van der Waals surface area contributed by atoms with Crippen LogP contribution in [-0.4, -0.2) is 53.8 Å². The van der Waals surface area contributed by atoms with Crippen LogP contribution in [0.5, 0.6) is 0 Å². The van der Waals surface area contributed by atoms with Gasteiger partial charge in [0.25, 0.3) is 0 Å². The Labute approximate surface area is 104 Å². The molecule has 1 fully saturated rings. The van der Waals surface area contributed by atoms with Crippen LogP contribution in [0.1, 0.15) is 34.6 Å². The highest BCUT2D eigenvalue weighted by molar-refractivity contribution is 5.85. The monoisotopic (exact) mass is 244 g/mol. The van der Waals surface area contributed by atoms with Crippen molar-refractivity contribution in [3.05, 3.63) is 0 Å². The zero-order chi connectivity index (χ0) is 13.1. The van der Waals surface area contributed by atoms with Gasteiger partial charge in [-0.25, -0.2) is 0 Å². The first-order chi connectivity index (χ1) is 7.95. The van der Waals surface area contributed by atoms with Crippen LogP contribution >= 0.6 is 0 Å². The molecule has 5 nitrogen and oxygen atoms in total. The van der Waals surface area contributed by atoms with E-state index in [0.29, 0.717) is 26.3 Å². The number of ketones is 1. The van der Waals surface area contributed by atoms with Crippen LogP contribution in [0.25, 0.3) is 0 Å². The molecule has 0 radical (unpaired) electrons. The van der Waals surface area contributed by atoms with Crippen LogP contribution < -0.4 is 0 Å². The highest BCUT2D eigenvalue weighted by Gasteiger charge is 2.45. The molecule has 1 heterocycles. The summed E-state index contributed by atoms with van der Waals surface area (Å²) < 4.78 is 0. The van der Waals surface area contributed by atoms with E-state index in [9.17, 15) is 4.79 Å². The van der Waals surface area contributed by atoms with E-state index < -0.39 is 5.54 Å². The Morgan fingerprint density at radius 1 is 1.35 bits per heavy atom. The van der Waals surface area contributed by atoms with E-state index in [1.807, 2.05) is 25.8 Å². The molecule has 2 atom stereocenters. The molecule has 100 valence electrons. The second-order valence-electron chi connectivity index (χ2n) is 4.65. The quantitative estimate of drug-likeness (QED) is 0.728. The standard InChI is InChI=1S/C12H24N2O3/c1-6-16-13-9-12(5,11(4)15)14(17-7-2)8-10(13)3/h10H,6-9H2,1-5H3. The van der Waals surface area contributed by atoms with Crippen LogP contribution in [0.3, 0.4) is 0 Å². The largest absolute Gasteiger partial charge is 0.299 e. The normalized spacial score (nSPS) is 31.7. The molecule has 1 aliphatic heterocycles.